The summed E-state index contributed by atoms with van der Waals surface area (Å²) in [7, 11) is -4.32. The minimum atomic E-state index is -4.69. The van der Waals surface area contributed by atoms with Gasteiger partial charge in [-0.3, -0.25) is 4.98 Å². The zero-order valence-corrected chi connectivity index (χ0v) is 21.7. The van der Waals surface area contributed by atoms with Crippen molar-refractivity contribution in [3.05, 3.63) is 125 Å². The molecule has 208 valence electrons. The van der Waals surface area contributed by atoms with Crippen LogP contribution in [0, 0.1) is 5.82 Å². The lowest BCUT2D eigenvalue weighted by atomic mass is 10.1. The number of aromatic nitrogens is 1. The number of alkyl halides is 3. The van der Waals surface area contributed by atoms with Crippen molar-refractivity contribution in [3.63, 3.8) is 0 Å². The van der Waals surface area contributed by atoms with Gasteiger partial charge in [-0.15, -0.1) is 0 Å². The summed E-state index contributed by atoms with van der Waals surface area (Å²) in [6.45, 7) is -0.627. The Kier molecular flexibility index (Phi) is 8.80. The Balaban J connectivity index is 1.55. The monoisotopic (exact) mass is 572 g/mol. The molecule has 40 heavy (non-hydrogen) atoms. The minimum Gasteiger partial charge on any atom is -0.334 e. The molecule has 0 aliphatic rings. The second-order valence-corrected chi connectivity index (χ2v) is 10.7. The van der Waals surface area contributed by atoms with Crippen molar-refractivity contribution in [2.24, 2.45) is 0 Å². The van der Waals surface area contributed by atoms with Crippen molar-refractivity contribution >= 4 is 21.7 Å². The number of anilines is 1. The van der Waals surface area contributed by atoms with E-state index < -0.39 is 40.2 Å². The van der Waals surface area contributed by atoms with Crippen molar-refractivity contribution in [2.45, 2.75) is 30.7 Å². The lowest BCUT2D eigenvalue weighted by Gasteiger charge is -2.24. The van der Waals surface area contributed by atoms with Crippen LogP contribution in [-0.4, -0.2) is 23.7 Å². The second-order valence-electron chi connectivity index (χ2n) is 8.74. The predicted molar refractivity (Wildman–Crippen MR) is 141 cm³/mol. The van der Waals surface area contributed by atoms with E-state index in [9.17, 15) is 30.8 Å². The normalized spacial score (nSPS) is 11.8. The van der Waals surface area contributed by atoms with Crippen LogP contribution in [0.4, 0.5) is 28.0 Å². The van der Waals surface area contributed by atoms with Gasteiger partial charge < -0.3 is 10.6 Å². The fourth-order valence-electron chi connectivity index (χ4n) is 3.86. The van der Waals surface area contributed by atoms with E-state index in [0.29, 0.717) is 11.3 Å². The summed E-state index contributed by atoms with van der Waals surface area (Å²) in [5, 5.41) is 5.26. The molecule has 0 atom stereocenters. The van der Waals surface area contributed by atoms with Crippen molar-refractivity contribution in [2.75, 3.05) is 5.32 Å². The van der Waals surface area contributed by atoms with Crippen LogP contribution in [0.2, 0.25) is 0 Å². The summed E-state index contributed by atoms with van der Waals surface area (Å²) < 4.78 is 82.5. The summed E-state index contributed by atoms with van der Waals surface area (Å²) >= 11 is 0. The van der Waals surface area contributed by atoms with Gasteiger partial charge in [0.2, 0.25) is 10.0 Å². The average Bonchev–Trinajstić information content (AvgIpc) is 2.93. The first-order chi connectivity index (χ1) is 19.0. The van der Waals surface area contributed by atoms with Gasteiger partial charge in [-0.1, -0.05) is 30.3 Å². The maximum absolute atomic E-state index is 13.6. The number of rotatable bonds is 9. The van der Waals surface area contributed by atoms with E-state index in [1.165, 1.54) is 54.6 Å². The van der Waals surface area contributed by atoms with Crippen LogP contribution in [-0.2, 0) is 35.8 Å². The Morgan fingerprint density at radius 2 is 1.48 bits per heavy atom. The van der Waals surface area contributed by atoms with E-state index in [1.807, 2.05) is 0 Å². The maximum atomic E-state index is 13.6. The maximum Gasteiger partial charge on any atom is 0.416 e. The third kappa shape index (κ3) is 7.42. The summed E-state index contributed by atoms with van der Waals surface area (Å²) in [4.78, 5) is 15.9. The fourth-order valence-corrected chi connectivity index (χ4v) is 5.27. The molecular formula is C28H24F4N4O3S. The molecule has 2 N–H and O–H groups in total. The van der Waals surface area contributed by atoms with E-state index in [0.717, 1.165) is 28.1 Å². The SMILES string of the molecule is O=C(NCc1ccncc1)Nc1ccc(S(=O)(=O)N(Cc2ccc(F)cc2)Cc2ccccc2C(F)(F)F)cc1. The minimum absolute atomic E-state index is 0.193. The number of sulfonamides is 1. The molecule has 0 aliphatic heterocycles. The van der Waals surface area contributed by atoms with Crippen molar-refractivity contribution in [3.8, 4) is 0 Å². The number of nitrogens with one attached hydrogen (secondary N) is 2. The summed E-state index contributed by atoms with van der Waals surface area (Å²) in [5.74, 6) is -0.534. The van der Waals surface area contributed by atoms with Gasteiger partial charge in [-0.2, -0.15) is 17.5 Å². The second kappa shape index (κ2) is 12.3. The number of amides is 2. The van der Waals surface area contributed by atoms with Gasteiger partial charge in [0.1, 0.15) is 5.82 Å². The van der Waals surface area contributed by atoms with E-state index in [1.54, 1.807) is 24.5 Å². The van der Waals surface area contributed by atoms with Gasteiger partial charge in [-0.25, -0.2) is 17.6 Å². The van der Waals surface area contributed by atoms with Gasteiger partial charge in [0.15, 0.2) is 0 Å². The lowest BCUT2D eigenvalue weighted by Crippen LogP contribution is -2.31. The number of pyridine rings is 1. The number of carbonyl (C=O) groups excluding carboxylic acids is 1. The number of halogens is 4. The molecule has 2 amide bonds. The first-order valence-corrected chi connectivity index (χ1v) is 13.4. The van der Waals surface area contributed by atoms with Crippen LogP contribution in [0.15, 0.2) is 102 Å². The molecule has 7 nitrogen and oxygen atoms in total. The third-order valence-corrected chi connectivity index (χ3v) is 7.70. The van der Waals surface area contributed by atoms with E-state index >= 15 is 0 Å². The lowest BCUT2D eigenvalue weighted by molar-refractivity contribution is -0.138. The largest absolute Gasteiger partial charge is 0.416 e. The highest BCUT2D eigenvalue weighted by Crippen LogP contribution is 2.33. The van der Waals surface area contributed by atoms with Crippen LogP contribution in [0.3, 0.4) is 0 Å². The Labute approximate surface area is 228 Å². The molecule has 4 rings (SSSR count). The molecule has 1 heterocycles. The topological polar surface area (TPSA) is 91.4 Å². The average molecular weight is 573 g/mol. The Bertz CT molecular complexity index is 1550. The Morgan fingerprint density at radius 1 is 0.825 bits per heavy atom. The van der Waals surface area contributed by atoms with Gasteiger partial charge >= 0.3 is 12.2 Å². The fraction of sp³-hybridized carbons (Fsp3) is 0.143. The van der Waals surface area contributed by atoms with Crippen LogP contribution in [0.25, 0.3) is 0 Å². The highest BCUT2D eigenvalue weighted by molar-refractivity contribution is 7.89. The van der Waals surface area contributed by atoms with Crippen molar-refractivity contribution in [1.82, 2.24) is 14.6 Å². The van der Waals surface area contributed by atoms with Crippen molar-refractivity contribution < 1.29 is 30.8 Å². The molecule has 0 saturated carbocycles. The zero-order valence-electron chi connectivity index (χ0n) is 20.9. The van der Waals surface area contributed by atoms with Crippen molar-refractivity contribution in [1.29, 1.82) is 0 Å². The molecule has 1 aromatic heterocycles. The molecular weight excluding hydrogens is 548 g/mol. The molecule has 4 aromatic rings. The number of urea groups is 1. The van der Waals surface area contributed by atoms with Crippen LogP contribution >= 0.6 is 0 Å². The Hall–Kier alpha value is -4.29. The van der Waals surface area contributed by atoms with Crippen LogP contribution in [0.5, 0.6) is 0 Å². The third-order valence-electron chi connectivity index (χ3n) is 5.89. The molecule has 0 saturated heterocycles. The summed E-state index contributed by atoms with van der Waals surface area (Å²) in [6, 6.07) is 18.0. The zero-order chi connectivity index (χ0) is 28.8. The first-order valence-electron chi connectivity index (χ1n) is 12.0. The summed E-state index contributed by atoms with van der Waals surface area (Å²) in [5.41, 5.74) is 0.341. The summed E-state index contributed by atoms with van der Waals surface area (Å²) in [6.07, 6.45) is -1.50. The van der Waals surface area contributed by atoms with Gasteiger partial charge in [0.25, 0.3) is 0 Å². The smallest absolute Gasteiger partial charge is 0.334 e. The van der Waals surface area contributed by atoms with Gasteiger partial charge in [0.05, 0.1) is 10.5 Å². The number of hydrogen-bond acceptors (Lipinski definition) is 4. The van der Waals surface area contributed by atoms with E-state index in [2.05, 4.69) is 15.6 Å². The molecule has 0 spiro atoms. The standard InChI is InChI=1S/C28H24F4N4O3S/c29-23-7-5-21(6-8-23)18-36(19-22-3-1-2-4-26(22)28(30,31)32)40(38,39)25-11-9-24(10-12-25)35-27(37)34-17-20-13-15-33-16-14-20/h1-16H,17-19H2,(H2,34,35,37). The van der Waals surface area contributed by atoms with Gasteiger partial charge in [0, 0.05) is 37.7 Å². The van der Waals surface area contributed by atoms with E-state index in [4.69, 9.17) is 0 Å². The van der Waals surface area contributed by atoms with E-state index in [-0.39, 0.29) is 23.5 Å². The number of carbonyl (C=O) groups is 1. The number of nitrogens with zero attached hydrogens (tertiary/aromatic N) is 2. The van der Waals surface area contributed by atoms with Crippen LogP contribution in [0.1, 0.15) is 22.3 Å². The van der Waals surface area contributed by atoms with Gasteiger partial charge in [-0.05, 0) is 71.3 Å². The highest BCUT2D eigenvalue weighted by atomic mass is 32.2. The molecule has 0 aliphatic carbocycles. The molecule has 12 heteroatoms. The first kappa shape index (κ1) is 28.7. The number of benzene rings is 3. The molecule has 0 unspecified atom stereocenters. The molecule has 0 fully saturated rings. The predicted octanol–water partition coefficient (Wildman–Crippen LogP) is 5.95. The highest BCUT2D eigenvalue weighted by Gasteiger charge is 2.35. The number of hydrogen-bond donors (Lipinski definition) is 2. The molecule has 0 radical (unpaired) electrons. The Morgan fingerprint density at radius 3 is 2.12 bits per heavy atom. The quantitative estimate of drug-likeness (QED) is 0.243. The molecule has 3 aromatic carbocycles. The van der Waals surface area contributed by atoms with Crippen LogP contribution < -0.4 is 10.6 Å². The molecule has 0 bridgehead atoms.